The fourth-order valence-corrected chi connectivity index (χ4v) is 7.36. The van der Waals surface area contributed by atoms with Crippen molar-refractivity contribution >= 4 is 105 Å². The number of hydrogen-bond donors (Lipinski definition) is 0. The summed E-state index contributed by atoms with van der Waals surface area (Å²) in [6, 6.07) is 47.8. The Morgan fingerprint density at radius 1 is 0.319 bits per heavy atom. The van der Waals surface area contributed by atoms with Crippen molar-refractivity contribution in [3.63, 3.8) is 0 Å². The third-order valence-corrected chi connectivity index (χ3v) is 9.45. The van der Waals surface area contributed by atoms with Crippen LogP contribution in [-0.4, -0.2) is 0 Å². The summed E-state index contributed by atoms with van der Waals surface area (Å²) >= 11 is 0. The maximum absolute atomic E-state index is 6.62. The van der Waals surface area contributed by atoms with Gasteiger partial charge in [0.15, 0.2) is 11.2 Å². The standard InChI is InChI=1S/C42H23NO4/c1-5-13-34-26(9-1)29-19-17-24(21-38(29)44-34)43(25-18-20-30-27-10-2-6-14-35(27)45-39(30)22-25)33-23-32-28-11-3-7-15-36(28)46-41(32)42-40(33)31-12-4-8-16-37(31)47-42/h1-23H. The highest BCUT2D eigenvalue weighted by molar-refractivity contribution is 6.24. The van der Waals surface area contributed by atoms with Gasteiger partial charge in [0.25, 0.3) is 0 Å². The fraction of sp³-hybridized carbons (Fsp3) is 0. The molecule has 0 amide bonds. The van der Waals surface area contributed by atoms with Crippen LogP contribution in [0.5, 0.6) is 0 Å². The second-order valence-electron chi connectivity index (χ2n) is 12.1. The summed E-state index contributed by atoms with van der Waals surface area (Å²) in [4.78, 5) is 2.28. The molecule has 7 aromatic carbocycles. The Morgan fingerprint density at radius 3 is 1.32 bits per heavy atom. The fourth-order valence-electron chi connectivity index (χ4n) is 7.36. The van der Waals surface area contributed by atoms with E-state index in [4.69, 9.17) is 17.7 Å². The number of anilines is 3. The molecular weight excluding hydrogens is 582 g/mol. The van der Waals surface area contributed by atoms with Crippen molar-refractivity contribution in [3.8, 4) is 0 Å². The van der Waals surface area contributed by atoms with E-state index >= 15 is 0 Å². The quantitative estimate of drug-likeness (QED) is 0.201. The van der Waals surface area contributed by atoms with Gasteiger partial charge in [0, 0.05) is 61.2 Å². The van der Waals surface area contributed by atoms with E-state index in [2.05, 4.69) is 77.7 Å². The van der Waals surface area contributed by atoms with Crippen molar-refractivity contribution in [1.82, 2.24) is 0 Å². The summed E-state index contributed by atoms with van der Waals surface area (Å²) in [7, 11) is 0. The molecule has 220 valence electrons. The Hall–Kier alpha value is -6.46. The molecule has 4 aromatic heterocycles. The van der Waals surface area contributed by atoms with E-state index in [-0.39, 0.29) is 0 Å². The Balaban J connectivity index is 1.28. The number of nitrogens with zero attached hydrogens (tertiary/aromatic N) is 1. The molecule has 0 aliphatic heterocycles. The van der Waals surface area contributed by atoms with Crippen molar-refractivity contribution < 1.29 is 17.7 Å². The summed E-state index contributed by atoms with van der Waals surface area (Å²) in [5, 5.41) is 8.35. The van der Waals surface area contributed by atoms with Crippen LogP contribution in [-0.2, 0) is 0 Å². The normalized spacial score (nSPS) is 12.3. The Bertz CT molecular complexity index is 2930. The zero-order chi connectivity index (χ0) is 30.6. The number of para-hydroxylation sites is 4. The highest BCUT2D eigenvalue weighted by Crippen LogP contribution is 2.49. The molecular formula is C42H23NO4. The van der Waals surface area contributed by atoms with Gasteiger partial charge in [0.1, 0.15) is 33.5 Å². The number of furan rings is 4. The Labute approximate surface area is 266 Å². The minimum Gasteiger partial charge on any atom is -0.456 e. The molecule has 0 unspecified atom stereocenters. The van der Waals surface area contributed by atoms with E-state index in [1.165, 1.54) is 0 Å². The molecule has 47 heavy (non-hydrogen) atoms. The lowest BCUT2D eigenvalue weighted by Crippen LogP contribution is -2.10. The van der Waals surface area contributed by atoms with E-state index < -0.39 is 0 Å². The summed E-state index contributed by atoms with van der Waals surface area (Å²) in [5.41, 5.74) is 9.32. The lowest BCUT2D eigenvalue weighted by molar-refractivity contribution is 0.633. The maximum Gasteiger partial charge on any atom is 0.180 e. The summed E-state index contributed by atoms with van der Waals surface area (Å²) in [5.74, 6) is 0. The van der Waals surface area contributed by atoms with E-state index in [1.54, 1.807) is 0 Å². The van der Waals surface area contributed by atoms with Gasteiger partial charge in [-0.25, -0.2) is 0 Å². The van der Waals surface area contributed by atoms with Crippen LogP contribution in [0.4, 0.5) is 17.1 Å². The van der Waals surface area contributed by atoms with Crippen LogP contribution in [0.15, 0.2) is 157 Å². The third kappa shape index (κ3) is 3.43. The lowest BCUT2D eigenvalue weighted by atomic mass is 10.0. The minimum atomic E-state index is 0.717. The SMILES string of the molecule is c1ccc2c(c1)oc1cc(N(c3ccc4c(c3)oc3ccccc34)c3cc4c5ccccc5oc4c4oc5ccccc5c34)ccc12. The van der Waals surface area contributed by atoms with Gasteiger partial charge in [-0.1, -0.05) is 72.8 Å². The van der Waals surface area contributed by atoms with Gasteiger partial charge >= 0.3 is 0 Å². The van der Waals surface area contributed by atoms with Crippen LogP contribution in [0.3, 0.4) is 0 Å². The zero-order valence-corrected chi connectivity index (χ0v) is 24.9. The molecule has 11 rings (SSSR count). The molecule has 0 atom stereocenters. The van der Waals surface area contributed by atoms with Gasteiger partial charge in [0.2, 0.25) is 0 Å². The summed E-state index contributed by atoms with van der Waals surface area (Å²) in [6.45, 7) is 0. The highest BCUT2D eigenvalue weighted by atomic mass is 16.4. The van der Waals surface area contributed by atoms with E-state index in [9.17, 15) is 0 Å². The smallest absolute Gasteiger partial charge is 0.180 e. The Kier molecular flexibility index (Phi) is 4.78. The molecule has 0 aliphatic rings. The second-order valence-corrected chi connectivity index (χ2v) is 12.1. The van der Waals surface area contributed by atoms with Crippen LogP contribution in [0.25, 0.3) is 87.8 Å². The first kappa shape index (κ1) is 24.8. The van der Waals surface area contributed by atoms with Crippen LogP contribution in [0.2, 0.25) is 0 Å². The molecule has 0 aliphatic carbocycles. The molecule has 4 heterocycles. The molecule has 0 saturated carbocycles. The van der Waals surface area contributed by atoms with Crippen LogP contribution in [0, 0.1) is 0 Å². The van der Waals surface area contributed by atoms with Gasteiger partial charge in [-0.15, -0.1) is 0 Å². The van der Waals surface area contributed by atoms with Gasteiger partial charge in [-0.2, -0.15) is 0 Å². The molecule has 0 bridgehead atoms. The van der Waals surface area contributed by atoms with Gasteiger partial charge in [0.05, 0.1) is 11.1 Å². The van der Waals surface area contributed by atoms with Crippen molar-refractivity contribution in [2.24, 2.45) is 0 Å². The number of benzene rings is 7. The van der Waals surface area contributed by atoms with Crippen molar-refractivity contribution in [2.75, 3.05) is 4.90 Å². The average Bonchev–Trinajstić information content (AvgIpc) is 3.88. The topological polar surface area (TPSA) is 55.8 Å². The predicted octanol–water partition coefficient (Wildman–Crippen LogP) is 12.8. The van der Waals surface area contributed by atoms with Gasteiger partial charge in [-0.3, -0.25) is 0 Å². The number of fused-ring (bicyclic) bond motifs is 13. The monoisotopic (exact) mass is 605 g/mol. The third-order valence-electron chi connectivity index (χ3n) is 9.45. The van der Waals surface area contributed by atoms with Crippen LogP contribution in [0.1, 0.15) is 0 Å². The van der Waals surface area contributed by atoms with E-state index in [1.807, 2.05) is 66.7 Å². The highest BCUT2D eigenvalue weighted by Gasteiger charge is 2.25. The lowest BCUT2D eigenvalue weighted by Gasteiger charge is -2.26. The molecule has 5 nitrogen and oxygen atoms in total. The van der Waals surface area contributed by atoms with Crippen molar-refractivity contribution in [2.45, 2.75) is 0 Å². The second kappa shape index (κ2) is 9.05. The largest absolute Gasteiger partial charge is 0.456 e. The van der Waals surface area contributed by atoms with Gasteiger partial charge in [-0.05, 0) is 54.6 Å². The number of hydrogen-bond acceptors (Lipinski definition) is 5. The summed E-state index contributed by atoms with van der Waals surface area (Å²) < 4.78 is 25.9. The first-order valence-electron chi connectivity index (χ1n) is 15.7. The van der Waals surface area contributed by atoms with E-state index in [0.717, 1.165) is 105 Å². The molecule has 0 N–H and O–H groups in total. The molecule has 5 heteroatoms. The molecule has 11 aromatic rings. The van der Waals surface area contributed by atoms with Crippen LogP contribution < -0.4 is 4.90 Å². The van der Waals surface area contributed by atoms with Crippen molar-refractivity contribution in [1.29, 1.82) is 0 Å². The summed E-state index contributed by atoms with van der Waals surface area (Å²) in [6.07, 6.45) is 0. The minimum absolute atomic E-state index is 0.717. The average molecular weight is 606 g/mol. The van der Waals surface area contributed by atoms with Gasteiger partial charge < -0.3 is 22.6 Å². The Morgan fingerprint density at radius 2 is 0.745 bits per heavy atom. The molecule has 0 saturated heterocycles. The molecule has 0 radical (unpaired) electrons. The maximum atomic E-state index is 6.62. The molecule has 0 spiro atoms. The first-order valence-corrected chi connectivity index (χ1v) is 15.7. The zero-order valence-electron chi connectivity index (χ0n) is 24.9. The first-order chi connectivity index (χ1) is 23.3. The number of rotatable bonds is 3. The van der Waals surface area contributed by atoms with E-state index in [0.29, 0.717) is 0 Å². The van der Waals surface area contributed by atoms with Crippen LogP contribution >= 0.6 is 0 Å². The van der Waals surface area contributed by atoms with Crippen molar-refractivity contribution in [3.05, 3.63) is 140 Å². The predicted molar refractivity (Wildman–Crippen MR) is 190 cm³/mol. The molecule has 0 fully saturated rings.